The maximum atomic E-state index is 12.9. The molecule has 0 aliphatic carbocycles. The summed E-state index contributed by atoms with van der Waals surface area (Å²) in [5.41, 5.74) is 2.38. The molecule has 2 N–H and O–H groups in total. The number of nitrogens with one attached hydrogen (secondary N) is 1. The molecule has 4 heteroatoms. The summed E-state index contributed by atoms with van der Waals surface area (Å²) in [7, 11) is 0. The van der Waals surface area contributed by atoms with Crippen LogP contribution in [-0.4, -0.2) is 22.1 Å². The predicted octanol–water partition coefficient (Wildman–Crippen LogP) is 5.27. The molecule has 130 valence electrons. The Kier molecular flexibility index (Phi) is 4.91. The molecule has 0 aliphatic heterocycles. The Labute approximate surface area is 148 Å². The number of hydrogen-bond acceptors (Lipinski definition) is 3. The van der Waals surface area contributed by atoms with Gasteiger partial charge >= 0.3 is 0 Å². The molecule has 2 rings (SSSR count). The van der Waals surface area contributed by atoms with Crippen molar-refractivity contribution >= 4 is 17.5 Å². The van der Waals surface area contributed by atoms with Crippen LogP contribution in [0.1, 0.15) is 68.6 Å². The van der Waals surface area contributed by atoms with Crippen LogP contribution in [-0.2, 0) is 10.8 Å². The Morgan fingerprint density at radius 1 is 0.958 bits per heavy atom. The number of phenolic OH excluding ortho intramolecular Hbond substituents is 1. The van der Waals surface area contributed by atoms with E-state index in [9.17, 15) is 9.90 Å². The molecule has 0 spiro atoms. The van der Waals surface area contributed by atoms with E-state index in [0.29, 0.717) is 16.9 Å². The van der Waals surface area contributed by atoms with Gasteiger partial charge in [-0.3, -0.25) is 4.79 Å². The molecular weight excluding hydrogens is 318 g/mol. The third-order valence-corrected chi connectivity index (χ3v) is 4.80. The summed E-state index contributed by atoms with van der Waals surface area (Å²) in [6.45, 7) is 12.3. The van der Waals surface area contributed by atoms with Crippen LogP contribution in [0.4, 0.5) is 0 Å². The van der Waals surface area contributed by atoms with Gasteiger partial charge in [-0.05, 0) is 35.3 Å². The van der Waals surface area contributed by atoms with Crippen LogP contribution >= 0.6 is 11.8 Å². The monoisotopic (exact) mass is 345 g/mol. The van der Waals surface area contributed by atoms with Crippen molar-refractivity contribution in [2.75, 3.05) is 6.26 Å². The number of aromatic hydroxyl groups is 1. The quantitative estimate of drug-likeness (QED) is 0.589. The summed E-state index contributed by atoms with van der Waals surface area (Å²) in [6, 6.07) is 5.53. The standard InChI is InChI=1S/C20H27NO2S/c1-19(2,3)14-8-12(9-15(18(14)23)20(4,5)6)17(22)13-10-16(24-7)21-11-13/h8-11,21,23H,1-7H3. The second-order valence-electron chi connectivity index (χ2n) is 8.21. The third-order valence-electron chi connectivity index (χ3n) is 4.13. The van der Waals surface area contributed by atoms with Gasteiger partial charge in [-0.1, -0.05) is 41.5 Å². The Bertz CT molecular complexity index is 726. The van der Waals surface area contributed by atoms with Gasteiger partial charge in [0.25, 0.3) is 0 Å². The number of carbonyl (C=O) groups excluding carboxylic acids is 1. The number of aromatic nitrogens is 1. The number of rotatable bonds is 3. The third kappa shape index (κ3) is 3.69. The highest BCUT2D eigenvalue weighted by molar-refractivity contribution is 7.98. The van der Waals surface area contributed by atoms with E-state index in [1.165, 1.54) is 0 Å². The fourth-order valence-corrected chi connectivity index (χ4v) is 3.12. The van der Waals surface area contributed by atoms with Crippen LogP contribution in [0.5, 0.6) is 5.75 Å². The lowest BCUT2D eigenvalue weighted by Gasteiger charge is -2.28. The van der Waals surface area contributed by atoms with Crippen LogP contribution in [0.15, 0.2) is 29.4 Å². The molecule has 2 aromatic rings. The minimum Gasteiger partial charge on any atom is -0.507 e. The van der Waals surface area contributed by atoms with Crippen molar-refractivity contribution in [3.05, 3.63) is 46.6 Å². The van der Waals surface area contributed by atoms with Gasteiger partial charge < -0.3 is 10.1 Å². The molecular formula is C20H27NO2S. The SMILES string of the molecule is CSc1cc(C(=O)c2cc(C(C)(C)C)c(O)c(C(C)(C)C)c2)c[nH]1. The first-order valence-corrected chi connectivity index (χ1v) is 9.32. The fraction of sp³-hybridized carbons (Fsp3) is 0.450. The molecule has 0 atom stereocenters. The van der Waals surface area contributed by atoms with Gasteiger partial charge in [-0.15, -0.1) is 11.8 Å². The summed E-state index contributed by atoms with van der Waals surface area (Å²) < 4.78 is 0. The Morgan fingerprint density at radius 3 is 1.83 bits per heavy atom. The van der Waals surface area contributed by atoms with E-state index in [-0.39, 0.29) is 16.6 Å². The lowest BCUT2D eigenvalue weighted by atomic mass is 9.78. The number of phenols is 1. The number of aromatic amines is 1. The first-order chi connectivity index (χ1) is 10.9. The van der Waals surface area contributed by atoms with Gasteiger partial charge in [0, 0.05) is 28.5 Å². The topological polar surface area (TPSA) is 53.1 Å². The van der Waals surface area contributed by atoms with Gasteiger partial charge in [0.1, 0.15) is 5.75 Å². The van der Waals surface area contributed by atoms with Crippen LogP contribution in [0.2, 0.25) is 0 Å². The van der Waals surface area contributed by atoms with Crippen LogP contribution in [0.3, 0.4) is 0 Å². The average Bonchev–Trinajstić information content (AvgIpc) is 2.93. The van der Waals surface area contributed by atoms with E-state index in [2.05, 4.69) is 4.98 Å². The highest BCUT2D eigenvalue weighted by Gasteiger charge is 2.28. The smallest absolute Gasteiger partial charge is 0.194 e. The molecule has 3 nitrogen and oxygen atoms in total. The van der Waals surface area contributed by atoms with Crippen molar-refractivity contribution in [3.8, 4) is 5.75 Å². The lowest BCUT2D eigenvalue weighted by molar-refractivity contribution is 0.103. The summed E-state index contributed by atoms with van der Waals surface area (Å²) >= 11 is 1.57. The first-order valence-electron chi connectivity index (χ1n) is 8.10. The lowest BCUT2D eigenvalue weighted by Crippen LogP contribution is -2.19. The molecule has 24 heavy (non-hydrogen) atoms. The van der Waals surface area contributed by atoms with Gasteiger partial charge in [-0.25, -0.2) is 0 Å². The van der Waals surface area contributed by atoms with Crippen LogP contribution < -0.4 is 0 Å². The van der Waals surface area contributed by atoms with E-state index in [1.54, 1.807) is 18.0 Å². The van der Waals surface area contributed by atoms with Crippen LogP contribution in [0, 0.1) is 0 Å². The van der Waals surface area contributed by atoms with Crippen LogP contribution in [0.25, 0.3) is 0 Å². The molecule has 0 saturated carbocycles. The molecule has 1 aromatic heterocycles. The fourth-order valence-electron chi connectivity index (χ4n) is 2.70. The molecule has 0 fully saturated rings. The van der Waals surface area contributed by atoms with E-state index < -0.39 is 0 Å². The Hall–Kier alpha value is -1.68. The normalized spacial score (nSPS) is 12.5. The molecule has 0 radical (unpaired) electrons. The summed E-state index contributed by atoms with van der Waals surface area (Å²) in [5.74, 6) is 0.271. The summed E-state index contributed by atoms with van der Waals surface area (Å²) in [5, 5.41) is 11.7. The number of H-pyrrole nitrogens is 1. The van der Waals surface area contributed by atoms with Gasteiger partial charge in [0.2, 0.25) is 0 Å². The number of ketones is 1. The molecule has 1 heterocycles. The zero-order valence-electron chi connectivity index (χ0n) is 15.6. The maximum Gasteiger partial charge on any atom is 0.194 e. The van der Waals surface area contributed by atoms with Crippen molar-refractivity contribution in [2.45, 2.75) is 57.4 Å². The van der Waals surface area contributed by atoms with E-state index in [1.807, 2.05) is 66.0 Å². The summed E-state index contributed by atoms with van der Waals surface area (Å²) in [4.78, 5) is 16.0. The molecule has 0 amide bonds. The minimum absolute atomic E-state index is 0.0254. The Balaban J connectivity index is 2.63. The van der Waals surface area contributed by atoms with E-state index in [0.717, 1.165) is 16.2 Å². The summed E-state index contributed by atoms with van der Waals surface area (Å²) in [6.07, 6.45) is 3.71. The number of hydrogen-bond donors (Lipinski definition) is 2. The van der Waals surface area contributed by atoms with Crippen molar-refractivity contribution in [1.82, 2.24) is 4.98 Å². The second-order valence-corrected chi connectivity index (χ2v) is 9.05. The predicted molar refractivity (Wildman–Crippen MR) is 102 cm³/mol. The van der Waals surface area contributed by atoms with Gasteiger partial charge in [-0.2, -0.15) is 0 Å². The second kappa shape index (κ2) is 6.32. The van der Waals surface area contributed by atoms with Crippen molar-refractivity contribution < 1.29 is 9.90 Å². The highest BCUT2D eigenvalue weighted by Crippen LogP contribution is 2.40. The number of thioether (sulfide) groups is 1. The van der Waals surface area contributed by atoms with E-state index in [4.69, 9.17) is 0 Å². The minimum atomic E-state index is -0.247. The molecule has 0 aliphatic rings. The zero-order valence-corrected chi connectivity index (χ0v) is 16.4. The highest BCUT2D eigenvalue weighted by atomic mass is 32.2. The largest absolute Gasteiger partial charge is 0.507 e. The molecule has 0 bridgehead atoms. The van der Waals surface area contributed by atoms with Gasteiger partial charge in [0.05, 0.1) is 5.03 Å². The van der Waals surface area contributed by atoms with Crippen molar-refractivity contribution in [1.29, 1.82) is 0 Å². The first kappa shape index (κ1) is 18.7. The number of carbonyl (C=O) groups is 1. The average molecular weight is 346 g/mol. The van der Waals surface area contributed by atoms with Crippen molar-refractivity contribution in [3.63, 3.8) is 0 Å². The molecule has 0 unspecified atom stereocenters. The molecule has 1 aromatic carbocycles. The Morgan fingerprint density at radius 2 is 1.46 bits per heavy atom. The number of benzene rings is 1. The molecule has 0 saturated heterocycles. The van der Waals surface area contributed by atoms with Gasteiger partial charge in [0.15, 0.2) is 5.78 Å². The van der Waals surface area contributed by atoms with Crippen molar-refractivity contribution in [2.24, 2.45) is 0 Å². The van der Waals surface area contributed by atoms with E-state index >= 15 is 0 Å². The maximum absolute atomic E-state index is 12.9. The zero-order chi connectivity index (χ0) is 18.3.